The van der Waals surface area contributed by atoms with Gasteiger partial charge in [0.05, 0.1) is 13.3 Å². The Balaban J connectivity index is 2.72. The summed E-state index contributed by atoms with van der Waals surface area (Å²) >= 11 is 0. The minimum atomic E-state index is -0.323. The fraction of sp³-hybridized carbons (Fsp3) is 0.571. The van der Waals surface area contributed by atoms with Crippen molar-refractivity contribution in [1.29, 1.82) is 0 Å². The summed E-state index contributed by atoms with van der Waals surface area (Å²) in [6.45, 7) is 8.13. The van der Waals surface area contributed by atoms with E-state index in [2.05, 4.69) is 24.4 Å². The van der Waals surface area contributed by atoms with E-state index in [0.717, 1.165) is 30.0 Å². The highest BCUT2D eigenvalue weighted by molar-refractivity contribution is 5.43. The average Bonchev–Trinajstić information content (AvgIpc) is 2.30. The first kappa shape index (κ1) is 14.0. The zero-order valence-corrected chi connectivity index (χ0v) is 11.0. The van der Waals surface area contributed by atoms with Crippen molar-refractivity contribution in [3.63, 3.8) is 0 Å². The first-order chi connectivity index (χ1) is 8.19. The van der Waals surface area contributed by atoms with Crippen LogP contribution in [0.3, 0.4) is 0 Å². The van der Waals surface area contributed by atoms with E-state index in [0.29, 0.717) is 13.0 Å². The molecular weight excluding hydrogens is 217 g/mol. The maximum absolute atomic E-state index is 12.0. The fourth-order valence-electron chi connectivity index (χ4n) is 1.87. The van der Waals surface area contributed by atoms with Crippen molar-refractivity contribution < 1.29 is 9.13 Å². The standard InChI is InChI=1S/C14H22FNO/c1-4-16-10-13-8-11(2)14(12(3)9-13)17-7-5-6-15/h8-9,16H,4-7,10H2,1-3H3. The van der Waals surface area contributed by atoms with Gasteiger partial charge in [-0.15, -0.1) is 0 Å². The number of hydrogen-bond acceptors (Lipinski definition) is 2. The summed E-state index contributed by atoms with van der Waals surface area (Å²) in [5.41, 5.74) is 3.51. The molecule has 0 radical (unpaired) electrons. The van der Waals surface area contributed by atoms with Crippen LogP contribution in [0.15, 0.2) is 12.1 Å². The molecule has 1 aromatic rings. The van der Waals surface area contributed by atoms with Crippen molar-refractivity contribution in [2.24, 2.45) is 0 Å². The Labute approximate surface area is 103 Å². The van der Waals surface area contributed by atoms with Gasteiger partial charge in [0.15, 0.2) is 0 Å². The maximum Gasteiger partial charge on any atom is 0.125 e. The summed E-state index contributed by atoms with van der Waals surface area (Å²) in [6.07, 6.45) is 0.456. The van der Waals surface area contributed by atoms with Gasteiger partial charge in [0.25, 0.3) is 0 Å². The van der Waals surface area contributed by atoms with Crippen LogP contribution in [0.5, 0.6) is 5.75 Å². The summed E-state index contributed by atoms with van der Waals surface area (Å²) < 4.78 is 17.6. The van der Waals surface area contributed by atoms with Gasteiger partial charge in [0.2, 0.25) is 0 Å². The van der Waals surface area contributed by atoms with Crippen molar-refractivity contribution >= 4 is 0 Å². The molecule has 0 atom stereocenters. The number of ether oxygens (including phenoxy) is 1. The number of rotatable bonds is 7. The summed E-state index contributed by atoms with van der Waals surface area (Å²) in [4.78, 5) is 0. The second-order valence-corrected chi connectivity index (χ2v) is 4.23. The Bertz CT molecular complexity index is 329. The highest BCUT2D eigenvalue weighted by atomic mass is 19.1. The molecule has 0 saturated carbocycles. The van der Waals surface area contributed by atoms with Crippen molar-refractivity contribution in [1.82, 2.24) is 5.32 Å². The lowest BCUT2D eigenvalue weighted by Gasteiger charge is -2.14. The van der Waals surface area contributed by atoms with Crippen LogP contribution >= 0.6 is 0 Å². The van der Waals surface area contributed by atoms with E-state index in [1.807, 2.05) is 13.8 Å². The molecule has 0 heterocycles. The molecule has 1 N–H and O–H groups in total. The van der Waals surface area contributed by atoms with Crippen molar-refractivity contribution in [3.05, 3.63) is 28.8 Å². The number of alkyl halides is 1. The van der Waals surface area contributed by atoms with Gasteiger partial charge in [-0.2, -0.15) is 0 Å². The summed E-state index contributed by atoms with van der Waals surface area (Å²) in [5.74, 6) is 0.902. The van der Waals surface area contributed by atoms with Crippen molar-refractivity contribution in [2.45, 2.75) is 33.7 Å². The highest BCUT2D eigenvalue weighted by Gasteiger charge is 2.06. The molecule has 0 aliphatic rings. The third-order valence-electron chi connectivity index (χ3n) is 2.62. The quantitative estimate of drug-likeness (QED) is 0.738. The molecule has 0 saturated heterocycles. The second-order valence-electron chi connectivity index (χ2n) is 4.23. The zero-order chi connectivity index (χ0) is 12.7. The molecule has 1 rings (SSSR count). The molecule has 0 amide bonds. The highest BCUT2D eigenvalue weighted by Crippen LogP contribution is 2.25. The fourth-order valence-corrected chi connectivity index (χ4v) is 1.87. The third-order valence-corrected chi connectivity index (χ3v) is 2.62. The van der Waals surface area contributed by atoms with Crippen LogP contribution in [0, 0.1) is 13.8 Å². The van der Waals surface area contributed by atoms with Crippen LogP contribution in [0.25, 0.3) is 0 Å². The topological polar surface area (TPSA) is 21.3 Å². The number of halogens is 1. The molecule has 1 aromatic carbocycles. The molecule has 2 nitrogen and oxygen atoms in total. The zero-order valence-electron chi connectivity index (χ0n) is 11.0. The number of aryl methyl sites for hydroxylation is 2. The van der Waals surface area contributed by atoms with Crippen LogP contribution < -0.4 is 10.1 Å². The summed E-state index contributed by atoms with van der Waals surface area (Å²) in [7, 11) is 0. The molecule has 3 heteroatoms. The van der Waals surface area contributed by atoms with Crippen LogP contribution in [-0.4, -0.2) is 19.8 Å². The predicted molar refractivity (Wildman–Crippen MR) is 69.4 cm³/mol. The van der Waals surface area contributed by atoms with E-state index in [-0.39, 0.29) is 6.67 Å². The molecule has 17 heavy (non-hydrogen) atoms. The van der Waals surface area contributed by atoms with Gasteiger partial charge in [0, 0.05) is 13.0 Å². The Morgan fingerprint density at radius 1 is 1.24 bits per heavy atom. The molecule has 0 fully saturated rings. The van der Waals surface area contributed by atoms with E-state index in [1.165, 1.54) is 5.56 Å². The molecule has 0 aromatic heterocycles. The average molecular weight is 239 g/mol. The lowest BCUT2D eigenvalue weighted by atomic mass is 10.1. The lowest BCUT2D eigenvalue weighted by Crippen LogP contribution is -2.12. The molecule has 96 valence electrons. The minimum Gasteiger partial charge on any atom is -0.493 e. The number of nitrogens with one attached hydrogen (secondary N) is 1. The van der Waals surface area contributed by atoms with E-state index in [9.17, 15) is 4.39 Å². The van der Waals surface area contributed by atoms with E-state index in [4.69, 9.17) is 4.74 Å². The minimum absolute atomic E-state index is 0.323. The molecule has 0 aliphatic heterocycles. The Hall–Kier alpha value is -1.09. The number of hydrogen-bond donors (Lipinski definition) is 1. The first-order valence-corrected chi connectivity index (χ1v) is 6.18. The van der Waals surface area contributed by atoms with Crippen molar-refractivity contribution in [3.8, 4) is 5.75 Å². The summed E-state index contributed by atoms with van der Waals surface area (Å²) in [5, 5.41) is 3.30. The van der Waals surface area contributed by atoms with Gasteiger partial charge in [-0.3, -0.25) is 4.39 Å². The Morgan fingerprint density at radius 2 is 1.88 bits per heavy atom. The van der Waals surface area contributed by atoms with Crippen LogP contribution in [0.1, 0.15) is 30.0 Å². The van der Waals surface area contributed by atoms with Gasteiger partial charge in [0.1, 0.15) is 5.75 Å². The van der Waals surface area contributed by atoms with Crippen LogP contribution in [0.2, 0.25) is 0 Å². The maximum atomic E-state index is 12.0. The first-order valence-electron chi connectivity index (χ1n) is 6.18. The lowest BCUT2D eigenvalue weighted by molar-refractivity contribution is 0.286. The third kappa shape index (κ3) is 4.35. The monoisotopic (exact) mass is 239 g/mol. The summed E-state index contributed by atoms with van der Waals surface area (Å²) in [6, 6.07) is 4.25. The van der Waals surface area contributed by atoms with Gasteiger partial charge in [-0.05, 0) is 37.1 Å². The van der Waals surface area contributed by atoms with Crippen molar-refractivity contribution in [2.75, 3.05) is 19.8 Å². The smallest absolute Gasteiger partial charge is 0.125 e. The normalized spacial score (nSPS) is 10.6. The molecular formula is C14H22FNO. The van der Waals surface area contributed by atoms with E-state index in [1.54, 1.807) is 0 Å². The van der Waals surface area contributed by atoms with E-state index < -0.39 is 0 Å². The molecule has 0 aliphatic carbocycles. The largest absolute Gasteiger partial charge is 0.493 e. The molecule has 0 spiro atoms. The van der Waals surface area contributed by atoms with Gasteiger partial charge < -0.3 is 10.1 Å². The van der Waals surface area contributed by atoms with Crippen LogP contribution in [-0.2, 0) is 6.54 Å². The van der Waals surface area contributed by atoms with Gasteiger partial charge in [-0.1, -0.05) is 19.1 Å². The molecule has 0 bridgehead atoms. The van der Waals surface area contributed by atoms with E-state index >= 15 is 0 Å². The van der Waals surface area contributed by atoms with Gasteiger partial charge >= 0.3 is 0 Å². The SMILES string of the molecule is CCNCc1cc(C)c(OCCCF)c(C)c1. The second kappa shape index (κ2) is 7.28. The number of benzene rings is 1. The Kier molecular flexibility index (Phi) is 5.98. The molecule has 0 unspecified atom stereocenters. The predicted octanol–water partition coefficient (Wildman–Crippen LogP) is 3.15. The van der Waals surface area contributed by atoms with Gasteiger partial charge in [-0.25, -0.2) is 0 Å². The Morgan fingerprint density at radius 3 is 2.41 bits per heavy atom. The van der Waals surface area contributed by atoms with Crippen LogP contribution in [0.4, 0.5) is 4.39 Å².